The largest absolute Gasteiger partial charge is 0.489 e. The van der Waals surface area contributed by atoms with Crippen LogP contribution in [0.2, 0.25) is 0 Å². The minimum Gasteiger partial charge on any atom is -0.489 e. The van der Waals surface area contributed by atoms with Crippen molar-refractivity contribution in [2.45, 2.75) is 31.4 Å². The number of rotatable bonds is 2. The van der Waals surface area contributed by atoms with E-state index in [1.165, 1.54) is 5.56 Å². The highest BCUT2D eigenvalue weighted by Crippen LogP contribution is 2.24. The number of hydrogen-bond donors (Lipinski definition) is 1. The number of hydrogen-bond acceptors (Lipinski definition) is 5. The number of fused-ring (bicyclic) bond motifs is 1. The Morgan fingerprint density at radius 1 is 1.29 bits per heavy atom. The van der Waals surface area contributed by atoms with Crippen LogP contribution in [0.25, 0.3) is 0 Å². The van der Waals surface area contributed by atoms with Crippen molar-refractivity contribution in [2.75, 3.05) is 13.1 Å². The van der Waals surface area contributed by atoms with Gasteiger partial charge in [0, 0.05) is 56.5 Å². The smallest absolute Gasteiger partial charge is 0.143 e. The van der Waals surface area contributed by atoms with Gasteiger partial charge in [0.15, 0.2) is 0 Å². The van der Waals surface area contributed by atoms with Crippen LogP contribution in [0.1, 0.15) is 24.0 Å². The third-order valence-corrected chi connectivity index (χ3v) is 4.59. The van der Waals surface area contributed by atoms with Crippen molar-refractivity contribution < 1.29 is 4.74 Å². The molecule has 1 N–H and O–H groups in total. The molecular formula is C18H19N5O. The normalized spacial score (nSPS) is 20.9. The molecule has 0 amide bonds. The van der Waals surface area contributed by atoms with Crippen LogP contribution < -0.4 is 4.74 Å². The molecule has 0 bridgehead atoms. The first-order valence-electron chi connectivity index (χ1n) is 8.28. The molecule has 2 aliphatic heterocycles. The molecule has 6 heteroatoms. The fraction of sp³-hybridized carbons (Fsp3) is 0.389. The number of H-pyrrole nitrogens is 1. The molecule has 0 spiro atoms. The first kappa shape index (κ1) is 14.8. The molecule has 1 unspecified atom stereocenters. The van der Waals surface area contributed by atoms with E-state index in [4.69, 9.17) is 4.74 Å². The van der Waals surface area contributed by atoms with Crippen molar-refractivity contribution in [3.8, 4) is 11.8 Å². The molecule has 2 aromatic rings. The van der Waals surface area contributed by atoms with E-state index in [0.29, 0.717) is 6.42 Å². The Balaban J connectivity index is 1.44. The number of nitrogens with one attached hydrogen (secondary N) is 1. The van der Waals surface area contributed by atoms with Gasteiger partial charge < -0.3 is 14.6 Å². The fourth-order valence-electron chi connectivity index (χ4n) is 3.37. The summed E-state index contributed by atoms with van der Waals surface area (Å²) in [5.74, 6) is 1.77. The summed E-state index contributed by atoms with van der Waals surface area (Å²) in [4.78, 5) is 14.2. The van der Waals surface area contributed by atoms with Gasteiger partial charge in [-0.3, -0.25) is 4.98 Å². The lowest BCUT2D eigenvalue weighted by molar-refractivity contribution is 0.130. The van der Waals surface area contributed by atoms with Gasteiger partial charge in [-0.1, -0.05) is 0 Å². The zero-order chi connectivity index (χ0) is 16.4. The number of piperidine rings is 1. The summed E-state index contributed by atoms with van der Waals surface area (Å²) in [5.41, 5.74) is 2.31. The van der Waals surface area contributed by atoms with E-state index in [9.17, 15) is 5.26 Å². The Labute approximate surface area is 140 Å². The highest BCUT2D eigenvalue weighted by atomic mass is 16.5. The summed E-state index contributed by atoms with van der Waals surface area (Å²) in [5, 5.41) is 9.26. The van der Waals surface area contributed by atoms with Crippen molar-refractivity contribution in [3.63, 3.8) is 0 Å². The maximum atomic E-state index is 9.26. The summed E-state index contributed by atoms with van der Waals surface area (Å²) >= 11 is 0. The van der Waals surface area contributed by atoms with Crippen molar-refractivity contribution in [1.82, 2.24) is 14.9 Å². The second kappa shape index (κ2) is 6.36. The van der Waals surface area contributed by atoms with Crippen LogP contribution in [0.5, 0.6) is 5.75 Å². The fourth-order valence-corrected chi connectivity index (χ4v) is 3.37. The average molecular weight is 321 g/mol. The van der Waals surface area contributed by atoms with E-state index >= 15 is 0 Å². The molecule has 1 fully saturated rings. The van der Waals surface area contributed by atoms with Crippen LogP contribution in [0, 0.1) is 11.3 Å². The van der Waals surface area contributed by atoms with Gasteiger partial charge in [0.1, 0.15) is 23.7 Å². The van der Waals surface area contributed by atoms with Crippen LogP contribution in [0.3, 0.4) is 0 Å². The Morgan fingerprint density at radius 2 is 2.17 bits per heavy atom. The van der Waals surface area contributed by atoms with Crippen molar-refractivity contribution in [1.29, 1.82) is 5.26 Å². The summed E-state index contributed by atoms with van der Waals surface area (Å²) in [6.45, 7) is 1.76. The molecule has 24 heavy (non-hydrogen) atoms. The number of pyridine rings is 1. The van der Waals surface area contributed by atoms with E-state index in [0.717, 1.165) is 43.1 Å². The molecule has 4 rings (SSSR count). The molecule has 2 aromatic heterocycles. The molecule has 1 saturated heterocycles. The molecule has 0 saturated carbocycles. The number of nitriles is 1. The Bertz CT molecular complexity index is 768. The summed E-state index contributed by atoms with van der Waals surface area (Å²) in [7, 11) is 0. The SMILES string of the molecule is N#CC1Cc2c[nH]cc2C(N2CCC(Oc3cccnc3)CC2)=N1. The lowest BCUT2D eigenvalue weighted by Gasteiger charge is -2.35. The average Bonchev–Trinajstić information content (AvgIpc) is 3.11. The number of likely N-dealkylation sites (tertiary alicyclic amines) is 1. The van der Waals surface area contributed by atoms with Gasteiger partial charge >= 0.3 is 0 Å². The van der Waals surface area contributed by atoms with Crippen molar-refractivity contribution in [3.05, 3.63) is 48.0 Å². The number of nitrogens with zero attached hydrogens (tertiary/aromatic N) is 4. The second-order valence-electron chi connectivity index (χ2n) is 6.19. The second-order valence-corrected chi connectivity index (χ2v) is 6.19. The van der Waals surface area contributed by atoms with E-state index in [-0.39, 0.29) is 12.1 Å². The Morgan fingerprint density at radius 3 is 2.92 bits per heavy atom. The maximum absolute atomic E-state index is 9.26. The lowest BCUT2D eigenvalue weighted by atomic mass is 9.99. The van der Waals surface area contributed by atoms with Crippen molar-refractivity contribution >= 4 is 5.84 Å². The van der Waals surface area contributed by atoms with Crippen LogP contribution in [0.15, 0.2) is 41.9 Å². The van der Waals surface area contributed by atoms with Crippen LogP contribution in [0.4, 0.5) is 0 Å². The number of ether oxygens (including phenoxy) is 1. The molecule has 4 heterocycles. The minimum atomic E-state index is -0.285. The molecule has 122 valence electrons. The highest BCUT2D eigenvalue weighted by molar-refractivity contribution is 6.01. The zero-order valence-electron chi connectivity index (χ0n) is 13.4. The van der Waals surface area contributed by atoms with Crippen LogP contribution in [-0.4, -0.2) is 45.9 Å². The maximum Gasteiger partial charge on any atom is 0.143 e. The third-order valence-electron chi connectivity index (χ3n) is 4.59. The minimum absolute atomic E-state index is 0.201. The molecule has 1 atom stereocenters. The van der Waals surface area contributed by atoms with E-state index in [1.807, 2.05) is 24.5 Å². The molecule has 6 nitrogen and oxygen atoms in total. The highest BCUT2D eigenvalue weighted by Gasteiger charge is 2.29. The standard InChI is InChI=1S/C18H19N5O/c19-9-14-8-13-10-21-12-17(13)18(22-14)23-6-3-15(4-7-23)24-16-2-1-5-20-11-16/h1-2,5,10-12,14-15,21H,3-4,6-8H2. The Hall–Kier alpha value is -2.81. The predicted molar refractivity (Wildman–Crippen MR) is 89.9 cm³/mol. The number of aromatic nitrogens is 2. The molecule has 0 aromatic carbocycles. The van der Waals surface area contributed by atoms with E-state index in [1.54, 1.807) is 12.4 Å². The summed E-state index contributed by atoms with van der Waals surface area (Å²) in [6, 6.07) is 5.83. The van der Waals surface area contributed by atoms with Crippen LogP contribution >= 0.6 is 0 Å². The summed E-state index contributed by atoms with van der Waals surface area (Å²) < 4.78 is 6.00. The lowest BCUT2D eigenvalue weighted by Crippen LogP contribution is -2.43. The van der Waals surface area contributed by atoms with E-state index in [2.05, 4.69) is 25.9 Å². The van der Waals surface area contributed by atoms with E-state index < -0.39 is 0 Å². The van der Waals surface area contributed by atoms with Crippen LogP contribution in [-0.2, 0) is 6.42 Å². The van der Waals surface area contributed by atoms with Gasteiger partial charge in [-0.25, -0.2) is 4.99 Å². The first-order valence-corrected chi connectivity index (χ1v) is 8.28. The molecular weight excluding hydrogens is 302 g/mol. The Kier molecular flexibility index (Phi) is 3.91. The van der Waals surface area contributed by atoms with Gasteiger partial charge in [0.05, 0.1) is 12.3 Å². The number of amidine groups is 1. The van der Waals surface area contributed by atoms with Gasteiger partial charge in [-0.05, 0) is 17.7 Å². The zero-order valence-corrected chi connectivity index (χ0v) is 13.4. The topological polar surface area (TPSA) is 77.3 Å². The van der Waals surface area contributed by atoms with Crippen molar-refractivity contribution in [2.24, 2.45) is 4.99 Å². The molecule has 0 radical (unpaired) electrons. The van der Waals surface area contributed by atoms with Gasteiger partial charge in [0.25, 0.3) is 0 Å². The van der Waals surface area contributed by atoms with Gasteiger partial charge in [-0.2, -0.15) is 5.26 Å². The molecule has 0 aliphatic carbocycles. The number of aliphatic imine (C=N–C) groups is 1. The quantitative estimate of drug-likeness (QED) is 0.919. The van der Waals surface area contributed by atoms with Gasteiger partial charge in [-0.15, -0.1) is 0 Å². The first-order chi connectivity index (χ1) is 11.8. The summed E-state index contributed by atoms with van der Waals surface area (Å²) in [6.07, 6.45) is 10.2. The monoisotopic (exact) mass is 321 g/mol. The third kappa shape index (κ3) is 2.85. The number of aromatic amines is 1. The molecule has 2 aliphatic rings. The van der Waals surface area contributed by atoms with Gasteiger partial charge in [0.2, 0.25) is 0 Å². The predicted octanol–water partition coefficient (Wildman–Crippen LogP) is 2.15.